The third-order valence-corrected chi connectivity index (χ3v) is 5.05. The second kappa shape index (κ2) is 9.28. The number of guanidine groups is 1. The molecular formula is C20H32N4O3. The molecule has 0 aromatic heterocycles. The summed E-state index contributed by atoms with van der Waals surface area (Å²) in [6, 6.07) is 6.08. The van der Waals surface area contributed by atoms with Crippen LogP contribution in [0.5, 0.6) is 11.5 Å². The van der Waals surface area contributed by atoms with Crippen molar-refractivity contribution in [2.45, 2.75) is 32.4 Å². The van der Waals surface area contributed by atoms with Gasteiger partial charge in [-0.15, -0.1) is 0 Å². The average Bonchev–Trinajstić information content (AvgIpc) is 2.93. The van der Waals surface area contributed by atoms with E-state index in [1.54, 1.807) is 7.05 Å². The molecule has 2 aliphatic rings. The highest BCUT2D eigenvalue weighted by Gasteiger charge is 2.28. The highest BCUT2D eigenvalue weighted by Crippen LogP contribution is 2.30. The van der Waals surface area contributed by atoms with Gasteiger partial charge in [0.05, 0.1) is 26.4 Å². The molecule has 2 heterocycles. The molecule has 0 atom stereocenters. The van der Waals surface area contributed by atoms with Gasteiger partial charge in [-0.1, -0.05) is 6.07 Å². The van der Waals surface area contributed by atoms with Crippen molar-refractivity contribution in [3.05, 3.63) is 23.8 Å². The van der Waals surface area contributed by atoms with Gasteiger partial charge in [0.1, 0.15) is 0 Å². The van der Waals surface area contributed by atoms with Crippen molar-refractivity contribution in [1.82, 2.24) is 15.5 Å². The summed E-state index contributed by atoms with van der Waals surface area (Å²) in [5, 5.41) is 6.83. The van der Waals surface area contributed by atoms with Gasteiger partial charge in [-0.3, -0.25) is 9.89 Å². The van der Waals surface area contributed by atoms with E-state index in [9.17, 15) is 0 Å². The number of hydrogen-bond donors (Lipinski definition) is 2. The highest BCUT2D eigenvalue weighted by atomic mass is 16.5. The number of benzene rings is 1. The second-order valence-electron chi connectivity index (χ2n) is 7.52. The lowest BCUT2D eigenvalue weighted by Gasteiger charge is -2.41. The van der Waals surface area contributed by atoms with Crippen LogP contribution in [0.15, 0.2) is 23.2 Å². The number of aliphatic imine (C=N–C) groups is 1. The number of fused-ring (bicyclic) bond motifs is 1. The predicted molar refractivity (Wildman–Crippen MR) is 107 cm³/mol. The summed E-state index contributed by atoms with van der Waals surface area (Å²) in [7, 11) is 1.80. The summed E-state index contributed by atoms with van der Waals surface area (Å²) in [6.07, 6.45) is 0.914. The molecule has 7 nitrogen and oxygen atoms in total. The summed E-state index contributed by atoms with van der Waals surface area (Å²) in [6.45, 7) is 11.0. The molecular weight excluding hydrogens is 344 g/mol. The summed E-state index contributed by atoms with van der Waals surface area (Å²) >= 11 is 0. The minimum Gasteiger partial charge on any atom is -0.490 e. The van der Waals surface area contributed by atoms with Crippen LogP contribution in [0, 0.1) is 0 Å². The summed E-state index contributed by atoms with van der Waals surface area (Å²) in [5.74, 6) is 2.44. The van der Waals surface area contributed by atoms with Crippen molar-refractivity contribution in [1.29, 1.82) is 0 Å². The number of ether oxygens (including phenoxy) is 3. The maximum Gasteiger partial charge on any atom is 0.191 e. The molecule has 0 bridgehead atoms. The molecule has 1 saturated heterocycles. The minimum absolute atomic E-state index is 0.0383. The van der Waals surface area contributed by atoms with Gasteiger partial charge in [-0.2, -0.15) is 0 Å². The Labute approximate surface area is 162 Å². The number of rotatable bonds is 5. The Hall–Kier alpha value is -1.99. The van der Waals surface area contributed by atoms with Gasteiger partial charge in [0.25, 0.3) is 0 Å². The van der Waals surface area contributed by atoms with Crippen LogP contribution in [0.1, 0.15) is 25.8 Å². The van der Waals surface area contributed by atoms with Crippen molar-refractivity contribution < 1.29 is 14.2 Å². The van der Waals surface area contributed by atoms with Gasteiger partial charge in [-0.05, 0) is 31.5 Å². The standard InChI is InChI=1S/C20H32N4O3/c1-20(2,24-7-11-25-12-8-24)15-23-19(21-3)22-14-16-5-6-17-18(13-16)27-10-4-9-26-17/h5-6,13H,4,7-12,14-15H2,1-3H3,(H2,21,22,23). The van der Waals surface area contributed by atoms with Crippen LogP contribution in [0.25, 0.3) is 0 Å². The Morgan fingerprint density at radius 2 is 1.81 bits per heavy atom. The zero-order chi connectivity index (χ0) is 19.1. The van der Waals surface area contributed by atoms with Gasteiger partial charge < -0.3 is 24.8 Å². The first kappa shape index (κ1) is 19.8. The number of morpholine rings is 1. The predicted octanol–water partition coefficient (Wildman–Crippen LogP) is 1.62. The van der Waals surface area contributed by atoms with E-state index in [0.29, 0.717) is 19.8 Å². The molecule has 3 rings (SSSR count). The van der Waals surface area contributed by atoms with Gasteiger partial charge in [0, 0.05) is 45.2 Å². The molecule has 1 aromatic rings. The molecule has 0 amide bonds. The van der Waals surface area contributed by atoms with E-state index in [0.717, 1.165) is 62.3 Å². The second-order valence-corrected chi connectivity index (χ2v) is 7.52. The van der Waals surface area contributed by atoms with Crippen LogP contribution in [0.2, 0.25) is 0 Å². The van der Waals surface area contributed by atoms with E-state index >= 15 is 0 Å². The van der Waals surface area contributed by atoms with Gasteiger partial charge >= 0.3 is 0 Å². The van der Waals surface area contributed by atoms with E-state index in [-0.39, 0.29) is 5.54 Å². The van der Waals surface area contributed by atoms with Crippen LogP contribution >= 0.6 is 0 Å². The average molecular weight is 377 g/mol. The van der Waals surface area contributed by atoms with Crippen LogP contribution < -0.4 is 20.1 Å². The molecule has 2 N–H and O–H groups in total. The molecule has 27 heavy (non-hydrogen) atoms. The molecule has 0 saturated carbocycles. The van der Waals surface area contributed by atoms with E-state index in [1.165, 1.54) is 0 Å². The van der Waals surface area contributed by atoms with Gasteiger partial charge in [0.15, 0.2) is 17.5 Å². The fraction of sp³-hybridized carbons (Fsp3) is 0.650. The maximum atomic E-state index is 5.77. The molecule has 0 radical (unpaired) electrons. The topological polar surface area (TPSA) is 67.4 Å². The van der Waals surface area contributed by atoms with Gasteiger partial charge in [-0.25, -0.2) is 0 Å². The molecule has 0 unspecified atom stereocenters. The quantitative estimate of drug-likeness (QED) is 0.601. The van der Waals surface area contributed by atoms with E-state index in [4.69, 9.17) is 14.2 Å². The van der Waals surface area contributed by atoms with E-state index in [1.807, 2.05) is 12.1 Å². The third kappa shape index (κ3) is 5.49. The van der Waals surface area contributed by atoms with Crippen LogP contribution in [-0.2, 0) is 11.3 Å². The smallest absolute Gasteiger partial charge is 0.191 e. The molecule has 1 aromatic carbocycles. The van der Waals surface area contributed by atoms with Crippen LogP contribution in [-0.4, -0.2) is 69.5 Å². The largest absolute Gasteiger partial charge is 0.490 e. The first-order valence-corrected chi connectivity index (χ1v) is 9.74. The molecule has 150 valence electrons. The summed E-state index contributed by atoms with van der Waals surface area (Å²) in [4.78, 5) is 6.81. The fourth-order valence-corrected chi connectivity index (χ4v) is 3.30. The lowest BCUT2D eigenvalue weighted by Crippen LogP contribution is -2.56. The Morgan fingerprint density at radius 1 is 1.07 bits per heavy atom. The van der Waals surface area contributed by atoms with Gasteiger partial charge in [0.2, 0.25) is 0 Å². The molecule has 2 aliphatic heterocycles. The van der Waals surface area contributed by atoms with Crippen molar-refractivity contribution in [2.24, 2.45) is 4.99 Å². The third-order valence-electron chi connectivity index (χ3n) is 5.05. The number of hydrogen-bond acceptors (Lipinski definition) is 5. The lowest BCUT2D eigenvalue weighted by atomic mass is 10.0. The highest BCUT2D eigenvalue weighted by molar-refractivity contribution is 5.79. The van der Waals surface area contributed by atoms with Crippen molar-refractivity contribution >= 4 is 5.96 Å². The zero-order valence-electron chi connectivity index (χ0n) is 16.7. The zero-order valence-corrected chi connectivity index (χ0v) is 16.7. The minimum atomic E-state index is 0.0383. The summed E-state index contributed by atoms with van der Waals surface area (Å²) in [5.41, 5.74) is 1.17. The molecule has 7 heteroatoms. The Bertz CT molecular complexity index is 642. The first-order chi connectivity index (χ1) is 13.1. The fourth-order valence-electron chi connectivity index (χ4n) is 3.30. The first-order valence-electron chi connectivity index (χ1n) is 9.74. The van der Waals surface area contributed by atoms with E-state index < -0.39 is 0 Å². The van der Waals surface area contributed by atoms with Crippen molar-refractivity contribution in [3.63, 3.8) is 0 Å². The SMILES string of the molecule is CN=C(NCc1ccc2c(c1)OCCCO2)NCC(C)(C)N1CCOCC1. The van der Waals surface area contributed by atoms with Crippen molar-refractivity contribution in [2.75, 3.05) is 53.1 Å². The van der Waals surface area contributed by atoms with Crippen LogP contribution in [0.3, 0.4) is 0 Å². The van der Waals surface area contributed by atoms with Crippen molar-refractivity contribution in [3.8, 4) is 11.5 Å². The monoisotopic (exact) mass is 376 g/mol. The van der Waals surface area contributed by atoms with E-state index in [2.05, 4.69) is 40.4 Å². The normalized spacial score (nSPS) is 18.7. The molecule has 0 aliphatic carbocycles. The number of nitrogens with one attached hydrogen (secondary N) is 2. The Kier molecular flexibility index (Phi) is 6.79. The Balaban J connectivity index is 1.51. The maximum absolute atomic E-state index is 5.77. The number of nitrogens with zero attached hydrogens (tertiary/aromatic N) is 2. The molecule has 0 spiro atoms. The lowest BCUT2D eigenvalue weighted by molar-refractivity contribution is -0.00834. The van der Waals surface area contributed by atoms with Crippen LogP contribution in [0.4, 0.5) is 0 Å². The molecule has 1 fully saturated rings. The summed E-state index contributed by atoms with van der Waals surface area (Å²) < 4.78 is 16.9. The Morgan fingerprint density at radius 3 is 2.56 bits per heavy atom.